The molecule has 0 spiro atoms. The van der Waals surface area contributed by atoms with Gasteiger partial charge in [0.05, 0.1) is 38.6 Å². The molecule has 0 saturated carbocycles. The van der Waals surface area contributed by atoms with Crippen LogP contribution in [0, 0.1) is 0 Å². The Labute approximate surface area is 350 Å². The Balaban J connectivity index is 1.04. The number of fused-ring (bicyclic) bond motifs is 10. The van der Waals surface area contributed by atoms with Crippen molar-refractivity contribution in [3.8, 4) is 39.3 Å². The second-order valence-electron chi connectivity index (χ2n) is 15.9. The van der Waals surface area contributed by atoms with E-state index in [-0.39, 0.29) is 0 Å². The van der Waals surface area contributed by atoms with Gasteiger partial charge in [-0.3, -0.25) is 0 Å². The standard InChI is InChI=1S/C56H35N5/c1-3-11-41(12-4-1)59-51-17-9-7-15-44(51)46-24-19-38(32-55(46)59)36-21-27-53-48(30-36)49-31-37(22-28-54(49)61(53)43-23-26-50-40(29-43)34-57-35-58-50)39-20-25-47-45-16-8-10-18-52(45)60(56(47)33-39)42-13-5-2-6-14-42/h1-35H. The van der Waals surface area contributed by atoms with E-state index in [1.807, 2.05) is 6.20 Å². The molecule has 0 unspecified atom stereocenters. The molecule has 0 amide bonds. The van der Waals surface area contributed by atoms with E-state index < -0.39 is 0 Å². The summed E-state index contributed by atoms with van der Waals surface area (Å²) >= 11 is 0. The van der Waals surface area contributed by atoms with Crippen LogP contribution < -0.4 is 0 Å². The number of rotatable bonds is 5. The molecule has 9 aromatic carbocycles. The molecule has 0 atom stereocenters. The van der Waals surface area contributed by atoms with Gasteiger partial charge in [-0.05, 0) is 113 Å². The Hall–Kier alpha value is -8.28. The minimum atomic E-state index is 0.927. The van der Waals surface area contributed by atoms with Gasteiger partial charge in [-0.1, -0.05) is 109 Å². The zero-order chi connectivity index (χ0) is 40.0. The highest BCUT2D eigenvalue weighted by atomic mass is 15.0. The van der Waals surface area contributed by atoms with E-state index in [4.69, 9.17) is 0 Å². The maximum atomic E-state index is 4.52. The van der Waals surface area contributed by atoms with Gasteiger partial charge in [-0.2, -0.15) is 0 Å². The average molecular weight is 778 g/mol. The monoisotopic (exact) mass is 777 g/mol. The molecule has 0 fully saturated rings. The molecule has 13 aromatic rings. The van der Waals surface area contributed by atoms with Gasteiger partial charge in [-0.15, -0.1) is 0 Å². The molecule has 5 nitrogen and oxygen atoms in total. The fourth-order valence-corrected chi connectivity index (χ4v) is 9.78. The molecule has 0 aliphatic carbocycles. The van der Waals surface area contributed by atoms with Crippen LogP contribution in [0.4, 0.5) is 0 Å². The molecule has 0 saturated heterocycles. The highest BCUT2D eigenvalue weighted by Crippen LogP contribution is 2.41. The SMILES string of the molecule is c1ccc(-n2c3ccccc3c3ccc(-c4ccc5c(c4)c4cc(-c6ccc7c8ccccc8n(-c8ccccc8)c7c6)ccc4n5-c4ccc5ncncc5c4)cc32)cc1. The molecule has 4 aromatic heterocycles. The number of benzene rings is 9. The second-order valence-corrected chi connectivity index (χ2v) is 15.9. The van der Waals surface area contributed by atoms with Gasteiger partial charge in [0.1, 0.15) is 6.33 Å². The van der Waals surface area contributed by atoms with Crippen molar-refractivity contribution >= 4 is 76.3 Å². The van der Waals surface area contributed by atoms with E-state index >= 15 is 0 Å². The summed E-state index contributed by atoms with van der Waals surface area (Å²) in [6, 6.07) is 73.0. The van der Waals surface area contributed by atoms with Crippen LogP contribution in [0.25, 0.3) is 116 Å². The smallest absolute Gasteiger partial charge is 0.116 e. The fourth-order valence-electron chi connectivity index (χ4n) is 9.78. The van der Waals surface area contributed by atoms with Crippen LogP contribution in [-0.2, 0) is 0 Å². The Kier molecular flexibility index (Phi) is 7.24. The summed E-state index contributed by atoms with van der Waals surface area (Å²) in [5, 5.41) is 8.39. The van der Waals surface area contributed by atoms with Crippen LogP contribution in [-0.4, -0.2) is 23.7 Å². The minimum Gasteiger partial charge on any atom is -0.309 e. The molecule has 0 bridgehead atoms. The van der Waals surface area contributed by atoms with Crippen molar-refractivity contribution in [3.63, 3.8) is 0 Å². The van der Waals surface area contributed by atoms with E-state index in [9.17, 15) is 0 Å². The van der Waals surface area contributed by atoms with Crippen LogP contribution in [0.1, 0.15) is 0 Å². The number of hydrogen-bond acceptors (Lipinski definition) is 2. The first-order valence-electron chi connectivity index (χ1n) is 20.7. The lowest BCUT2D eigenvalue weighted by Crippen LogP contribution is -1.95. The Morgan fingerprint density at radius 3 is 1.30 bits per heavy atom. The number of hydrogen-bond donors (Lipinski definition) is 0. The second kappa shape index (κ2) is 13.1. The molecule has 5 heteroatoms. The fraction of sp³-hybridized carbons (Fsp3) is 0. The lowest BCUT2D eigenvalue weighted by atomic mass is 9.99. The molecule has 13 rings (SSSR count). The molecule has 284 valence electrons. The minimum absolute atomic E-state index is 0.927. The molecule has 4 heterocycles. The van der Waals surface area contributed by atoms with Gasteiger partial charge in [-0.25, -0.2) is 9.97 Å². The third-order valence-corrected chi connectivity index (χ3v) is 12.6. The Morgan fingerprint density at radius 2 is 0.738 bits per heavy atom. The van der Waals surface area contributed by atoms with Crippen molar-refractivity contribution in [3.05, 3.63) is 213 Å². The zero-order valence-electron chi connectivity index (χ0n) is 32.9. The maximum Gasteiger partial charge on any atom is 0.116 e. The predicted octanol–water partition coefficient (Wildman–Crippen LogP) is 14.3. The maximum absolute atomic E-state index is 4.52. The number of para-hydroxylation sites is 4. The van der Waals surface area contributed by atoms with Crippen LogP contribution in [0.5, 0.6) is 0 Å². The first kappa shape index (κ1) is 33.7. The van der Waals surface area contributed by atoms with Crippen molar-refractivity contribution in [1.29, 1.82) is 0 Å². The van der Waals surface area contributed by atoms with Crippen molar-refractivity contribution in [2.24, 2.45) is 0 Å². The van der Waals surface area contributed by atoms with E-state index in [1.165, 1.54) is 76.6 Å². The molecule has 0 radical (unpaired) electrons. The van der Waals surface area contributed by atoms with Gasteiger partial charge in [0, 0.05) is 61.0 Å². The highest BCUT2D eigenvalue weighted by Gasteiger charge is 2.19. The first-order chi connectivity index (χ1) is 30.2. The van der Waals surface area contributed by atoms with E-state index in [2.05, 4.69) is 224 Å². The van der Waals surface area contributed by atoms with Crippen LogP contribution in [0.3, 0.4) is 0 Å². The van der Waals surface area contributed by atoms with Gasteiger partial charge in [0.2, 0.25) is 0 Å². The molecule has 0 aliphatic heterocycles. The quantitative estimate of drug-likeness (QED) is 0.175. The predicted molar refractivity (Wildman–Crippen MR) is 253 cm³/mol. The molecule has 61 heavy (non-hydrogen) atoms. The molecular formula is C56H35N5. The number of aromatic nitrogens is 5. The average Bonchev–Trinajstić information content (AvgIpc) is 3.96. The number of nitrogens with zero attached hydrogens (tertiary/aromatic N) is 5. The normalized spacial score (nSPS) is 11.9. The first-order valence-corrected chi connectivity index (χ1v) is 20.7. The summed E-state index contributed by atoms with van der Waals surface area (Å²) in [5.74, 6) is 0. The lowest BCUT2D eigenvalue weighted by molar-refractivity contribution is 1.17. The molecular weight excluding hydrogens is 743 g/mol. The van der Waals surface area contributed by atoms with E-state index in [0.29, 0.717) is 0 Å². The summed E-state index contributed by atoms with van der Waals surface area (Å²) in [6.45, 7) is 0. The summed E-state index contributed by atoms with van der Waals surface area (Å²) < 4.78 is 7.17. The summed E-state index contributed by atoms with van der Waals surface area (Å²) in [7, 11) is 0. The van der Waals surface area contributed by atoms with Crippen molar-refractivity contribution < 1.29 is 0 Å². The van der Waals surface area contributed by atoms with E-state index in [1.54, 1.807) is 6.33 Å². The third-order valence-electron chi connectivity index (χ3n) is 12.6. The summed E-state index contributed by atoms with van der Waals surface area (Å²) in [5.41, 5.74) is 16.1. The van der Waals surface area contributed by atoms with Crippen LogP contribution >= 0.6 is 0 Å². The van der Waals surface area contributed by atoms with Gasteiger partial charge in [0.25, 0.3) is 0 Å². The molecule has 0 N–H and O–H groups in total. The summed E-state index contributed by atoms with van der Waals surface area (Å²) in [6.07, 6.45) is 3.50. The Bertz CT molecular complexity index is 3660. The van der Waals surface area contributed by atoms with Crippen LogP contribution in [0.15, 0.2) is 213 Å². The summed E-state index contributed by atoms with van der Waals surface area (Å²) in [4.78, 5) is 8.86. The topological polar surface area (TPSA) is 40.6 Å². The van der Waals surface area contributed by atoms with E-state index in [0.717, 1.165) is 39.0 Å². The van der Waals surface area contributed by atoms with Gasteiger partial charge < -0.3 is 13.7 Å². The molecule has 0 aliphatic rings. The van der Waals surface area contributed by atoms with Gasteiger partial charge >= 0.3 is 0 Å². The van der Waals surface area contributed by atoms with Crippen molar-refractivity contribution in [1.82, 2.24) is 23.7 Å². The third kappa shape index (κ3) is 5.14. The van der Waals surface area contributed by atoms with Gasteiger partial charge in [0.15, 0.2) is 0 Å². The zero-order valence-corrected chi connectivity index (χ0v) is 32.9. The van der Waals surface area contributed by atoms with Crippen LogP contribution in [0.2, 0.25) is 0 Å². The van der Waals surface area contributed by atoms with Crippen molar-refractivity contribution in [2.45, 2.75) is 0 Å². The largest absolute Gasteiger partial charge is 0.309 e. The highest BCUT2D eigenvalue weighted by molar-refractivity contribution is 6.14. The van der Waals surface area contributed by atoms with Crippen molar-refractivity contribution in [2.75, 3.05) is 0 Å². The Morgan fingerprint density at radius 1 is 0.295 bits per heavy atom. The lowest BCUT2D eigenvalue weighted by Gasteiger charge is -2.11.